The number of alkyl carbamates (subject to hydrolysis) is 1. The number of amides is 1. The molecule has 0 aliphatic heterocycles. The minimum absolute atomic E-state index is 0.0334. The predicted molar refractivity (Wildman–Crippen MR) is 102 cm³/mol. The van der Waals surface area contributed by atoms with Crippen molar-refractivity contribution in [2.24, 2.45) is 0 Å². The summed E-state index contributed by atoms with van der Waals surface area (Å²) in [4.78, 5) is 11.8. The van der Waals surface area contributed by atoms with Crippen molar-refractivity contribution in [3.05, 3.63) is 70.0 Å². The Morgan fingerprint density at radius 1 is 1.31 bits per heavy atom. The van der Waals surface area contributed by atoms with E-state index in [-0.39, 0.29) is 23.2 Å². The van der Waals surface area contributed by atoms with Gasteiger partial charge in [-0.2, -0.15) is 0 Å². The molecule has 0 radical (unpaired) electrons. The standard InChI is InChI=1S/C21H21ClFNO2/c1-3-18-12-17(13-19(22)20(18)23)11-7-8-15(2)24-21(25)26-14-16-9-5-4-6-10-16/h1,4-6,9-10,12-13,15H,7-8,11,14H2,2H3,(H,24,25). The Balaban J connectivity index is 1.73. The first kappa shape index (κ1) is 19.8. The van der Waals surface area contributed by atoms with Crippen molar-refractivity contribution in [1.82, 2.24) is 5.32 Å². The lowest BCUT2D eigenvalue weighted by molar-refractivity contribution is 0.136. The largest absolute Gasteiger partial charge is 0.445 e. The van der Waals surface area contributed by atoms with Crippen molar-refractivity contribution in [3.63, 3.8) is 0 Å². The summed E-state index contributed by atoms with van der Waals surface area (Å²) < 4.78 is 18.8. The number of nitrogens with one attached hydrogen (secondary N) is 1. The predicted octanol–water partition coefficient (Wildman–Crippen LogP) is 5.10. The van der Waals surface area contributed by atoms with Crippen molar-refractivity contribution in [1.29, 1.82) is 0 Å². The van der Waals surface area contributed by atoms with Crippen molar-refractivity contribution < 1.29 is 13.9 Å². The maximum Gasteiger partial charge on any atom is 0.407 e. The number of ether oxygens (including phenoxy) is 1. The molecule has 0 heterocycles. The van der Waals surface area contributed by atoms with Crippen LogP contribution in [-0.2, 0) is 17.8 Å². The normalized spacial score (nSPS) is 11.5. The molecule has 26 heavy (non-hydrogen) atoms. The molecule has 0 fully saturated rings. The summed E-state index contributed by atoms with van der Waals surface area (Å²) in [6, 6.07) is 12.7. The molecule has 0 spiro atoms. The van der Waals surface area contributed by atoms with Gasteiger partial charge >= 0.3 is 6.09 Å². The first-order valence-electron chi connectivity index (χ1n) is 8.41. The van der Waals surface area contributed by atoms with Crippen LogP contribution in [0.5, 0.6) is 0 Å². The van der Waals surface area contributed by atoms with E-state index in [1.165, 1.54) is 0 Å². The van der Waals surface area contributed by atoms with Crippen LogP contribution in [0.2, 0.25) is 5.02 Å². The van der Waals surface area contributed by atoms with Crippen molar-refractivity contribution >= 4 is 17.7 Å². The summed E-state index contributed by atoms with van der Waals surface area (Å²) in [6.45, 7) is 2.15. The number of hydrogen-bond acceptors (Lipinski definition) is 2. The topological polar surface area (TPSA) is 38.3 Å². The van der Waals surface area contributed by atoms with Crippen molar-refractivity contribution in [2.45, 2.75) is 38.8 Å². The number of terminal acetylenes is 1. The van der Waals surface area contributed by atoms with Crippen LogP contribution in [0.3, 0.4) is 0 Å². The SMILES string of the molecule is C#Cc1cc(CCCC(C)NC(=O)OCc2ccccc2)cc(Cl)c1F. The molecule has 1 atom stereocenters. The first-order valence-corrected chi connectivity index (χ1v) is 8.79. The number of halogens is 2. The third-order valence-electron chi connectivity index (χ3n) is 3.92. The Labute approximate surface area is 158 Å². The zero-order valence-electron chi connectivity index (χ0n) is 14.6. The van der Waals surface area contributed by atoms with Gasteiger partial charge in [0.1, 0.15) is 6.61 Å². The molecule has 0 saturated heterocycles. The summed E-state index contributed by atoms with van der Waals surface area (Å²) in [7, 11) is 0. The molecule has 1 unspecified atom stereocenters. The van der Waals surface area contributed by atoms with Gasteiger partial charge in [0.05, 0.1) is 10.6 Å². The molecule has 0 aromatic heterocycles. The van der Waals surface area contributed by atoms with E-state index in [4.69, 9.17) is 22.8 Å². The maximum atomic E-state index is 13.6. The van der Waals surface area contributed by atoms with Gasteiger partial charge in [0, 0.05) is 6.04 Å². The van der Waals surface area contributed by atoms with Gasteiger partial charge < -0.3 is 10.1 Å². The fraction of sp³-hybridized carbons (Fsp3) is 0.286. The van der Waals surface area contributed by atoms with E-state index in [9.17, 15) is 9.18 Å². The van der Waals surface area contributed by atoms with Gasteiger partial charge in [0.15, 0.2) is 5.82 Å². The Hall–Kier alpha value is -2.51. The summed E-state index contributed by atoms with van der Waals surface area (Å²) in [5.41, 5.74) is 1.99. The molecule has 1 N–H and O–H groups in total. The van der Waals surface area contributed by atoms with Crippen LogP contribution < -0.4 is 5.32 Å². The highest BCUT2D eigenvalue weighted by Crippen LogP contribution is 2.21. The zero-order valence-corrected chi connectivity index (χ0v) is 15.4. The number of carbonyl (C=O) groups is 1. The van der Waals surface area contributed by atoms with Gasteiger partial charge in [-0.15, -0.1) is 6.42 Å². The summed E-state index contributed by atoms with van der Waals surface area (Å²) in [6.07, 6.45) is 7.08. The van der Waals surface area contributed by atoms with E-state index in [0.29, 0.717) is 6.42 Å². The average Bonchev–Trinajstić information content (AvgIpc) is 2.63. The highest BCUT2D eigenvalue weighted by atomic mass is 35.5. The highest BCUT2D eigenvalue weighted by molar-refractivity contribution is 6.30. The van der Waals surface area contributed by atoms with Gasteiger partial charge in [-0.05, 0) is 49.4 Å². The maximum absolute atomic E-state index is 13.6. The minimum Gasteiger partial charge on any atom is -0.445 e. The first-order chi connectivity index (χ1) is 12.5. The van der Waals surface area contributed by atoms with Gasteiger partial charge in [0.2, 0.25) is 0 Å². The number of carbonyl (C=O) groups excluding carboxylic acids is 1. The number of aryl methyl sites for hydroxylation is 1. The van der Waals surface area contributed by atoms with E-state index in [1.54, 1.807) is 12.1 Å². The molecule has 0 aliphatic rings. The van der Waals surface area contributed by atoms with E-state index < -0.39 is 11.9 Å². The van der Waals surface area contributed by atoms with E-state index >= 15 is 0 Å². The lowest BCUT2D eigenvalue weighted by Crippen LogP contribution is -2.33. The highest BCUT2D eigenvalue weighted by Gasteiger charge is 2.10. The van der Waals surface area contributed by atoms with Crippen molar-refractivity contribution in [2.75, 3.05) is 0 Å². The smallest absolute Gasteiger partial charge is 0.407 e. The van der Waals surface area contributed by atoms with Crippen LogP contribution in [0, 0.1) is 18.2 Å². The summed E-state index contributed by atoms with van der Waals surface area (Å²) in [5, 5.41) is 2.83. The summed E-state index contributed by atoms with van der Waals surface area (Å²) in [5.74, 6) is 1.74. The van der Waals surface area contributed by atoms with Gasteiger partial charge in [-0.3, -0.25) is 0 Å². The van der Waals surface area contributed by atoms with E-state index in [0.717, 1.165) is 24.0 Å². The third kappa shape index (κ3) is 6.09. The molecule has 0 saturated carbocycles. The van der Waals surface area contributed by atoms with Crippen LogP contribution in [0.4, 0.5) is 9.18 Å². The second-order valence-electron chi connectivity index (χ2n) is 6.08. The Kier molecular flexibility index (Phi) is 7.50. The van der Waals surface area contributed by atoms with Crippen LogP contribution in [0.25, 0.3) is 0 Å². The number of rotatable bonds is 7. The zero-order chi connectivity index (χ0) is 18.9. The van der Waals surface area contributed by atoms with Gasteiger partial charge in [-0.1, -0.05) is 47.9 Å². The van der Waals surface area contributed by atoms with Crippen LogP contribution in [-0.4, -0.2) is 12.1 Å². The Morgan fingerprint density at radius 3 is 2.73 bits per heavy atom. The molecule has 1 amide bonds. The molecule has 3 nitrogen and oxygen atoms in total. The molecule has 5 heteroatoms. The number of benzene rings is 2. The van der Waals surface area contributed by atoms with Crippen LogP contribution in [0.15, 0.2) is 42.5 Å². The Bertz CT molecular complexity index is 787. The molecule has 2 rings (SSSR count). The Morgan fingerprint density at radius 2 is 2.04 bits per heavy atom. The average molecular weight is 374 g/mol. The van der Waals surface area contributed by atoms with Gasteiger partial charge in [-0.25, -0.2) is 9.18 Å². The number of hydrogen-bond donors (Lipinski definition) is 1. The molecular weight excluding hydrogens is 353 g/mol. The van der Waals surface area contributed by atoms with Gasteiger partial charge in [0.25, 0.3) is 0 Å². The second kappa shape index (κ2) is 9.84. The fourth-order valence-electron chi connectivity index (χ4n) is 2.55. The second-order valence-corrected chi connectivity index (χ2v) is 6.49. The monoisotopic (exact) mass is 373 g/mol. The fourth-order valence-corrected chi connectivity index (χ4v) is 2.79. The lowest BCUT2D eigenvalue weighted by atomic mass is 10.0. The van der Waals surface area contributed by atoms with Crippen LogP contribution >= 0.6 is 11.6 Å². The molecule has 2 aromatic carbocycles. The molecule has 2 aromatic rings. The van der Waals surface area contributed by atoms with Crippen LogP contribution in [0.1, 0.15) is 36.5 Å². The van der Waals surface area contributed by atoms with E-state index in [1.807, 2.05) is 37.3 Å². The minimum atomic E-state index is -0.561. The van der Waals surface area contributed by atoms with Crippen molar-refractivity contribution in [3.8, 4) is 12.3 Å². The lowest BCUT2D eigenvalue weighted by Gasteiger charge is -2.14. The quantitative estimate of drug-likeness (QED) is 0.686. The molecular formula is C21H21ClFNO2. The van der Waals surface area contributed by atoms with E-state index in [2.05, 4.69) is 11.2 Å². The summed E-state index contributed by atoms with van der Waals surface area (Å²) >= 11 is 5.85. The molecule has 136 valence electrons. The molecule has 0 bridgehead atoms. The molecule has 0 aliphatic carbocycles. The third-order valence-corrected chi connectivity index (χ3v) is 4.20.